The van der Waals surface area contributed by atoms with Crippen LogP contribution in [-0.4, -0.2) is 37.0 Å². The Hall–Kier alpha value is -1.67. The summed E-state index contributed by atoms with van der Waals surface area (Å²) in [5, 5.41) is 9.06. The van der Waals surface area contributed by atoms with Crippen LogP contribution in [0.25, 0.3) is 0 Å². The fourth-order valence-corrected chi connectivity index (χ4v) is 2.89. The quantitative estimate of drug-likeness (QED) is 0.739. The van der Waals surface area contributed by atoms with E-state index < -0.39 is 0 Å². The number of benzene rings is 2. The number of halogens is 1. The molecule has 3 nitrogen and oxygen atoms in total. The zero-order valence-electron chi connectivity index (χ0n) is 13.7. The summed E-state index contributed by atoms with van der Waals surface area (Å²) < 4.78 is 1.11. The van der Waals surface area contributed by atoms with Gasteiger partial charge in [0.2, 0.25) is 0 Å². The molecular weight excluding hydrogens is 350 g/mol. The van der Waals surface area contributed by atoms with Crippen LogP contribution < -0.4 is 0 Å². The lowest BCUT2D eigenvalue weighted by atomic mass is 10.1. The normalized spacial score (nSPS) is 11.0. The number of nitrogens with zero attached hydrogens (tertiary/aromatic N) is 3. The van der Waals surface area contributed by atoms with Crippen molar-refractivity contribution in [3.63, 3.8) is 0 Å². The average molecular weight is 372 g/mol. The van der Waals surface area contributed by atoms with E-state index in [1.165, 1.54) is 11.1 Å². The zero-order chi connectivity index (χ0) is 16.7. The first-order chi connectivity index (χ1) is 11.1. The first kappa shape index (κ1) is 17.7. The molecule has 0 amide bonds. The number of hydrogen-bond acceptors (Lipinski definition) is 3. The van der Waals surface area contributed by atoms with Gasteiger partial charge in [-0.05, 0) is 49.5 Å². The topological polar surface area (TPSA) is 30.3 Å². The van der Waals surface area contributed by atoms with Crippen molar-refractivity contribution in [2.75, 3.05) is 27.2 Å². The number of hydrogen-bond donors (Lipinski definition) is 0. The van der Waals surface area contributed by atoms with E-state index in [4.69, 9.17) is 5.26 Å². The van der Waals surface area contributed by atoms with Crippen LogP contribution >= 0.6 is 15.9 Å². The molecule has 0 aliphatic carbocycles. The van der Waals surface area contributed by atoms with Gasteiger partial charge in [0.1, 0.15) is 0 Å². The van der Waals surface area contributed by atoms with E-state index in [-0.39, 0.29) is 0 Å². The second kappa shape index (κ2) is 8.83. The third-order valence-corrected chi connectivity index (χ3v) is 4.11. The molecular formula is C19H22BrN3. The Morgan fingerprint density at radius 2 is 1.61 bits per heavy atom. The highest BCUT2D eigenvalue weighted by Gasteiger charge is 2.09. The highest BCUT2D eigenvalue weighted by molar-refractivity contribution is 9.10. The standard InChI is InChI=1S/C19H22BrN3/c1-22(2)9-10-23(15-18-7-4-8-19(20)12-18)14-17-6-3-5-16(11-17)13-21/h3-8,11-12H,9-10,14-15H2,1-2H3. The maximum absolute atomic E-state index is 9.06. The van der Waals surface area contributed by atoms with Crippen molar-refractivity contribution in [2.24, 2.45) is 0 Å². The predicted molar refractivity (Wildman–Crippen MR) is 98.0 cm³/mol. The molecule has 0 atom stereocenters. The second-order valence-electron chi connectivity index (χ2n) is 5.96. The van der Waals surface area contributed by atoms with Gasteiger partial charge in [-0.25, -0.2) is 0 Å². The second-order valence-corrected chi connectivity index (χ2v) is 6.87. The minimum atomic E-state index is 0.720. The first-order valence-electron chi connectivity index (χ1n) is 7.67. The Balaban J connectivity index is 2.11. The monoisotopic (exact) mass is 371 g/mol. The van der Waals surface area contributed by atoms with Crippen LogP contribution in [0.15, 0.2) is 53.0 Å². The summed E-state index contributed by atoms with van der Waals surface area (Å²) in [6, 6.07) is 18.5. The highest BCUT2D eigenvalue weighted by atomic mass is 79.9. The van der Waals surface area contributed by atoms with E-state index in [1.54, 1.807) is 0 Å². The Morgan fingerprint density at radius 1 is 0.957 bits per heavy atom. The largest absolute Gasteiger partial charge is 0.308 e. The Labute approximate surface area is 147 Å². The Kier molecular flexibility index (Phi) is 6.79. The number of rotatable bonds is 7. The van der Waals surface area contributed by atoms with Crippen LogP contribution in [-0.2, 0) is 13.1 Å². The van der Waals surface area contributed by atoms with Gasteiger partial charge in [0, 0.05) is 30.7 Å². The molecule has 0 saturated heterocycles. The van der Waals surface area contributed by atoms with Crippen LogP contribution in [0, 0.1) is 11.3 Å². The first-order valence-corrected chi connectivity index (χ1v) is 8.46. The molecule has 120 valence electrons. The average Bonchev–Trinajstić information content (AvgIpc) is 2.53. The molecule has 0 bridgehead atoms. The van der Waals surface area contributed by atoms with E-state index >= 15 is 0 Å². The summed E-state index contributed by atoms with van der Waals surface area (Å²) in [5.74, 6) is 0. The Morgan fingerprint density at radius 3 is 2.22 bits per heavy atom. The van der Waals surface area contributed by atoms with Gasteiger partial charge in [0.05, 0.1) is 11.6 Å². The van der Waals surface area contributed by atoms with Crippen molar-refractivity contribution >= 4 is 15.9 Å². The van der Waals surface area contributed by atoms with Gasteiger partial charge >= 0.3 is 0 Å². The molecule has 0 saturated carbocycles. The molecule has 0 fully saturated rings. The van der Waals surface area contributed by atoms with Crippen molar-refractivity contribution in [1.29, 1.82) is 5.26 Å². The predicted octanol–water partition coefficient (Wildman–Crippen LogP) is 3.88. The molecule has 0 spiro atoms. The van der Waals surface area contributed by atoms with Gasteiger partial charge in [-0.1, -0.05) is 40.2 Å². The van der Waals surface area contributed by atoms with Crippen LogP contribution in [0.4, 0.5) is 0 Å². The molecule has 0 radical (unpaired) electrons. The molecule has 4 heteroatoms. The lowest BCUT2D eigenvalue weighted by Gasteiger charge is -2.24. The third-order valence-electron chi connectivity index (χ3n) is 3.62. The smallest absolute Gasteiger partial charge is 0.0991 e. The van der Waals surface area contributed by atoms with Gasteiger partial charge < -0.3 is 4.90 Å². The maximum atomic E-state index is 9.06. The molecule has 2 aromatic carbocycles. The molecule has 2 aromatic rings. The molecule has 2 rings (SSSR count). The summed E-state index contributed by atoms with van der Waals surface area (Å²) in [7, 11) is 4.18. The summed E-state index contributed by atoms with van der Waals surface area (Å²) in [5.41, 5.74) is 3.19. The fourth-order valence-electron chi connectivity index (χ4n) is 2.45. The van der Waals surface area contributed by atoms with Crippen molar-refractivity contribution in [2.45, 2.75) is 13.1 Å². The van der Waals surface area contributed by atoms with Crippen molar-refractivity contribution in [3.8, 4) is 6.07 Å². The highest BCUT2D eigenvalue weighted by Crippen LogP contribution is 2.15. The summed E-state index contributed by atoms with van der Waals surface area (Å²) >= 11 is 3.54. The molecule has 0 heterocycles. The Bertz CT molecular complexity index is 676. The van der Waals surface area contributed by atoms with Gasteiger partial charge in [-0.3, -0.25) is 4.90 Å². The number of likely N-dealkylation sites (N-methyl/N-ethyl adjacent to an activating group) is 1. The molecule has 0 unspecified atom stereocenters. The van der Waals surface area contributed by atoms with Crippen LogP contribution in [0.5, 0.6) is 0 Å². The minimum Gasteiger partial charge on any atom is -0.308 e. The maximum Gasteiger partial charge on any atom is 0.0991 e. The van der Waals surface area contributed by atoms with Crippen LogP contribution in [0.2, 0.25) is 0 Å². The molecule has 0 aliphatic rings. The van der Waals surface area contributed by atoms with Gasteiger partial charge in [0.25, 0.3) is 0 Å². The SMILES string of the molecule is CN(C)CCN(Cc1cccc(Br)c1)Cc1cccc(C#N)c1. The molecule has 0 aliphatic heterocycles. The van der Waals surface area contributed by atoms with Crippen molar-refractivity contribution in [3.05, 3.63) is 69.7 Å². The van der Waals surface area contributed by atoms with Crippen LogP contribution in [0.1, 0.15) is 16.7 Å². The van der Waals surface area contributed by atoms with E-state index in [1.807, 2.05) is 24.3 Å². The lowest BCUT2D eigenvalue weighted by molar-refractivity contribution is 0.226. The number of nitriles is 1. The molecule has 23 heavy (non-hydrogen) atoms. The van der Waals surface area contributed by atoms with E-state index in [9.17, 15) is 0 Å². The van der Waals surface area contributed by atoms with Gasteiger partial charge in [-0.2, -0.15) is 5.26 Å². The van der Waals surface area contributed by atoms with Gasteiger partial charge in [-0.15, -0.1) is 0 Å². The fraction of sp³-hybridized carbons (Fsp3) is 0.316. The van der Waals surface area contributed by atoms with E-state index in [0.29, 0.717) is 0 Å². The molecule has 0 aromatic heterocycles. The van der Waals surface area contributed by atoms with E-state index in [2.05, 4.69) is 70.2 Å². The van der Waals surface area contributed by atoms with E-state index in [0.717, 1.165) is 36.2 Å². The third kappa shape index (κ3) is 6.15. The van der Waals surface area contributed by atoms with Gasteiger partial charge in [0.15, 0.2) is 0 Å². The lowest BCUT2D eigenvalue weighted by Crippen LogP contribution is -2.31. The van der Waals surface area contributed by atoms with Crippen molar-refractivity contribution < 1.29 is 0 Å². The zero-order valence-corrected chi connectivity index (χ0v) is 15.3. The van der Waals surface area contributed by atoms with Crippen LogP contribution in [0.3, 0.4) is 0 Å². The summed E-state index contributed by atoms with van der Waals surface area (Å²) in [6.07, 6.45) is 0. The summed E-state index contributed by atoms with van der Waals surface area (Å²) in [4.78, 5) is 4.61. The minimum absolute atomic E-state index is 0.720. The molecule has 0 N–H and O–H groups in total. The summed E-state index contributed by atoms with van der Waals surface area (Å²) in [6.45, 7) is 3.72. The van der Waals surface area contributed by atoms with Crippen molar-refractivity contribution in [1.82, 2.24) is 9.80 Å².